The second-order valence-electron chi connectivity index (χ2n) is 4.86. The van der Waals surface area contributed by atoms with Crippen molar-refractivity contribution in [3.63, 3.8) is 0 Å². The van der Waals surface area contributed by atoms with Crippen LogP contribution in [0.5, 0.6) is 0 Å². The van der Waals surface area contributed by atoms with Gasteiger partial charge >= 0.3 is 5.97 Å². The van der Waals surface area contributed by atoms with E-state index in [4.69, 9.17) is 0 Å². The minimum atomic E-state index is -3.58. The molecule has 1 aliphatic heterocycles. The number of carbonyl (C=O) groups is 1. The summed E-state index contributed by atoms with van der Waals surface area (Å²) in [5.74, 6) is -0.504. The normalized spacial score (nSPS) is 19.3. The largest absolute Gasteiger partial charge is 0.465 e. The van der Waals surface area contributed by atoms with Crippen molar-refractivity contribution in [3.8, 4) is 0 Å². The zero-order chi connectivity index (χ0) is 15.6. The molecule has 1 saturated heterocycles. The number of halogens is 2. The lowest BCUT2D eigenvalue weighted by atomic mass is 10.2. The fourth-order valence-electron chi connectivity index (χ4n) is 2.21. The van der Waals surface area contributed by atoms with Crippen LogP contribution in [0.1, 0.15) is 17.3 Å². The molecule has 0 aliphatic carbocycles. The zero-order valence-electron chi connectivity index (χ0n) is 12.2. The van der Waals surface area contributed by atoms with E-state index in [9.17, 15) is 13.2 Å². The third kappa shape index (κ3) is 3.99. The van der Waals surface area contributed by atoms with Crippen molar-refractivity contribution in [2.24, 2.45) is 0 Å². The molecule has 1 heterocycles. The van der Waals surface area contributed by atoms with Gasteiger partial charge in [0.2, 0.25) is 10.0 Å². The first-order valence-electron chi connectivity index (χ1n) is 6.47. The Kier molecular flexibility index (Phi) is 6.82. The van der Waals surface area contributed by atoms with Gasteiger partial charge in [0.25, 0.3) is 0 Å². The molecule has 2 rings (SSSR count). The van der Waals surface area contributed by atoms with Crippen LogP contribution >= 0.6 is 28.3 Å². The summed E-state index contributed by atoms with van der Waals surface area (Å²) < 4.78 is 31.7. The standard InChI is InChI=1S/C13H17BrN2O4S.ClH/c1-9-8-16(6-5-15-9)21(18,19)12-4-3-10(7-11(12)14)13(17)20-2;/h3-4,7,9,15H,5-6,8H2,1-2H3;1H. The van der Waals surface area contributed by atoms with Crippen molar-refractivity contribution < 1.29 is 17.9 Å². The Bertz CT molecular complexity index is 653. The molecule has 1 aliphatic rings. The highest BCUT2D eigenvalue weighted by atomic mass is 79.9. The van der Waals surface area contributed by atoms with Gasteiger partial charge in [-0.05, 0) is 41.1 Å². The van der Waals surface area contributed by atoms with Gasteiger partial charge in [0.1, 0.15) is 0 Å². The summed E-state index contributed by atoms with van der Waals surface area (Å²) >= 11 is 3.23. The second-order valence-corrected chi connectivity index (χ2v) is 7.62. The first-order chi connectivity index (χ1) is 9.86. The van der Waals surface area contributed by atoms with Crippen LogP contribution in [-0.2, 0) is 14.8 Å². The van der Waals surface area contributed by atoms with Gasteiger partial charge in [0.15, 0.2) is 0 Å². The van der Waals surface area contributed by atoms with E-state index in [1.807, 2.05) is 6.92 Å². The molecule has 1 aromatic carbocycles. The van der Waals surface area contributed by atoms with E-state index < -0.39 is 16.0 Å². The average molecular weight is 414 g/mol. The number of benzene rings is 1. The number of piperazine rings is 1. The number of ether oxygens (including phenoxy) is 1. The summed E-state index contributed by atoms with van der Waals surface area (Å²) in [4.78, 5) is 11.6. The lowest BCUT2D eigenvalue weighted by Gasteiger charge is -2.31. The lowest BCUT2D eigenvalue weighted by molar-refractivity contribution is 0.0600. The van der Waals surface area contributed by atoms with Crippen LogP contribution in [-0.4, -0.2) is 51.5 Å². The molecule has 9 heteroatoms. The Balaban J connectivity index is 0.00000242. The number of methoxy groups -OCH3 is 1. The predicted octanol–water partition coefficient (Wildman–Crippen LogP) is 1.64. The lowest BCUT2D eigenvalue weighted by Crippen LogP contribution is -2.51. The molecule has 0 saturated carbocycles. The molecule has 0 bridgehead atoms. The number of hydrogen-bond acceptors (Lipinski definition) is 5. The average Bonchev–Trinajstić information content (AvgIpc) is 2.46. The zero-order valence-corrected chi connectivity index (χ0v) is 15.4. The van der Waals surface area contributed by atoms with Gasteiger partial charge in [-0.3, -0.25) is 0 Å². The summed E-state index contributed by atoms with van der Waals surface area (Å²) in [6, 6.07) is 4.46. The monoisotopic (exact) mass is 412 g/mol. The van der Waals surface area contributed by atoms with Gasteiger partial charge in [-0.2, -0.15) is 4.31 Å². The van der Waals surface area contributed by atoms with Crippen LogP contribution < -0.4 is 5.32 Å². The highest BCUT2D eigenvalue weighted by molar-refractivity contribution is 9.10. The van der Waals surface area contributed by atoms with E-state index in [2.05, 4.69) is 26.0 Å². The summed E-state index contributed by atoms with van der Waals surface area (Å²) in [7, 11) is -2.30. The number of esters is 1. The van der Waals surface area contributed by atoms with Crippen molar-refractivity contribution in [2.75, 3.05) is 26.7 Å². The van der Waals surface area contributed by atoms with Crippen molar-refractivity contribution in [3.05, 3.63) is 28.2 Å². The number of nitrogens with zero attached hydrogens (tertiary/aromatic N) is 1. The van der Waals surface area contributed by atoms with Gasteiger partial charge in [-0.15, -0.1) is 12.4 Å². The first-order valence-corrected chi connectivity index (χ1v) is 8.71. The maximum atomic E-state index is 12.7. The Morgan fingerprint density at radius 1 is 1.45 bits per heavy atom. The van der Waals surface area contributed by atoms with Crippen LogP contribution in [0.4, 0.5) is 0 Å². The van der Waals surface area contributed by atoms with Crippen LogP contribution in [0.25, 0.3) is 0 Å². The predicted molar refractivity (Wildman–Crippen MR) is 89.0 cm³/mol. The van der Waals surface area contributed by atoms with Crippen LogP contribution in [0.15, 0.2) is 27.6 Å². The Labute approximate surface area is 144 Å². The van der Waals surface area contributed by atoms with E-state index >= 15 is 0 Å². The minimum absolute atomic E-state index is 0. The first kappa shape index (κ1) is 19.4. The maximum absolute atomic E-state index is 12.7. The molecule has 1 N–H and O–H groups in total. The number of nitrogens with one attached hydrogen (secondary N) is 1. The molecular weight excluding hydrogens is 396 g/mol. The van der Waals surface area contributed by atoms with Gasteiger partial charge in [0.05, 0.1) is 17.6 Å². The van der Waals surface area contributed by atoms with Crippen molar-refractivity contribution in [2.45, 2.75) is 17.9 Å². The highest BCUT2D eigenvalue weighted by Crippen LogP contribution is 2.27. The molecule has 0 amide bonds. The number of sulfonamides is 1. The van der Waals surface area contributed by atoms with E-state index in [0.29, 0.717) is 29.7 Å². The van der Waals surface area contributed by atoms with Gasteiger partial charge in [-0.1, -0.05) is 0 Å². The topological polar surface area (TPSA) is 75.7 Å². The molecule has 0 spiro atoms. The quantitative estimate of drug-likeness (QED) is 0.763. The Hall–Kier alpha value is -0.670. The summed E-state index contributed by atoms with van der Waals surface area (Å²) in [5.41, 5.74) is 0.303. The fraction of sp³-hybridized carbons (Fsp3) is 0.462. The molecule has 0 aromatic heterocycles. The molecule has 1 aromatic rings. The van der Waals surface area contributed by atoms with E-state index in [0.717, 1.165) is 0 Å². The number of carbonyl (C=O) groups excluding carboxylic acids is 1. The van der Waals surface area contributed by atoms with Crippen molar-refractivity contribution >= 4 is 44.3 Å². The van der Waals surface area contributed by atoms with Crippen LogP contribution in [0.3, 0.4) is 0 Å². The van der Waals surface area contributed by atoms with Gasteiger partial charge in [-0.25, -0.2) is 13.2 Å². The highest BCUT2D eigenvalue weighted by Gasteiger charge is 2.30. The second kappa shape index (κ2) is 7.74. The van der Waals surface area contributed by atoms with E-state index in [-0.39, 0.29) is 23.3 Å². The fourth-order valence-corrected chi connectivity index (χ4v) is 4.78. The van der Waals surface area contributed by atoms with E-state index in [1.54, 1.807) is 0 Å². The van der Waals surface area contributed by atoms with Crippen LogP contribution in [0.2, 0.25) is 0 Å². The molecular formula is C13H18BrClN2O4S. The third-order valence-corrected chi connectivity index (χ3v) is 6.14. The Morgan fingerprint density at radius 3 is 2.68 bits per heavy atom. The van der Waals surface area contributed by atoms with Crippen molar-refractivity contribution in [1.82, 2.24) is 9.62 Å². The number of hydrogen-bond donors (Lipinski definition) is 1. The van der Waals surface area contributed by atoms with Crippen molar-refractivity contribution in [1.29, 1.82) is 0 Å². The van der Waals surface area contributed by atoms with Gasteiger partial charge in [0, 0.05) is 30.1 Å². The molecule has 1 unspecified atom stereocenters. The maximum Gasteiger partial charge on any atom is 0.337 e. The van der Waals surface area contributed by atoms with E-state index in [1.165, 1.54) is 29.6 Å². The molecule has 1 atom stereocenters. The molecule has 6 nitrogen and oxygen atoms in total. The molecule has 124 valence electrons. The Morgan fingerprint density at radius 2 is 2.14 bits per heavy atom. The molecule has 0 radical (unpaired) electrons. The van der Waals surface area contributed by atoms with Gasteiger partial charge < -0.3 is 10.1 Å². The summed E-state index contributed by atoms with van der Waals surface area (Å²) in [5, 5.41) is 3.20. The SMILES string of the molecule is COC(=O)c1ccc(S(=O)(=O)N2CCNC(C)C2)c(Br)c1.Cl. The third-order valence-electron chi connectivity index (χ3n) is 3.30. The number of rotatable bonds is 3. The smallest absolute Gasteiger partial charge is 0.337 e. The summed E-state index contributed by atoms with van der Waals surface area (Å²) in [6.45, 7) is 3.42. The molecule has 1 fully saturated rings. The minimum Gasteiger partial charge on any atom is -0.465 e. The molecule has 22 heavy (non-hydrogen) atoms. The summed E-state index contributed by atoms with van der Waals surface area (Å²) in [6.07, 6.45) is 0. The van der Waals surface area contributed by atoms with Crippen LogP contribution in [0, 0.1) is 0 Å².